The van der Waals surface area contributed by atoms with Crippen molar-refractivity contribution in [2.75, 3.05) is 0 Å². The van der Waals surface area contributed by atoms with Crippen LogP contribution in [-0.2, 0) is 6.54 Å². The fraction of sp³-hybridized carbons (Fsp3) is 0.0909. The maximum Gasteiger partial charge on any atom is 0.336 e. The van der Waals surface area contributed by atoms with E-state index in [1.54, 1.807) is 35.0 Å². The average Bonchev–Trinajstić information content (AvgIpc) is 2.62. The summed E-state index contributed by atoms with van der Waals surface area (Å²) in [5, 5.41) is 18.2. The van der Waals surface area contributed by atoms with Crippen LogP contribution in [0.25, 0.3) is 10.9 Å². The standard InChI is InChI=1S/C11H8N2O2/c12-5-7-13-6-4-8-9(11(14)15)2-1-3-10(8)13/h1-4,6H,7H2,(H,14,15). The summed E-state index contributed by atoms with van der Waals surface area (Å²) in [5.74, 6) is -0.949. The first-order valence-electron chi connectivity index (χ1n) is 4.42. The maximum absolute atomic E-state index is 10.9. The molecule has 1 aromatic carbocycles. The molecule has 1 N–H and O–H groups in total. The normalized spacial score (nSPS) is 10.1. The topological polar surface area (TPSA) is 66.0 Å². The van der Waals surface area contributed by atoms with Gasteiger partial charge in [-0.25, -0.2) is 4.79 Å². The van der Waals surface area contributed by atoms with Gasteiger partial charge in [0.25, 0.3) is 0 Å². The largest absolute Gasteiger partial charge is 0.478 e. The van der Waals surface area contributed by atoms with Crippen LogP contribution in [0, 0.1) is 11.3 Å². The number of carbonyl (C=O) groups is 1. The monoisotopic (exact) mass is 200 g/mol. The van der Waals surface area contributed by atoms with Gasteiger partial charge in [-0.05, 0) is 18.2 Å². The Bertz CT molecular complexity index is 563. The van der Waals surface area contributed by atoms with Crippen molar-refractivity contribution in [2.24, 2.45) is 0 Å². The molecule has 0 aliphatic heterocycles. The van der Waals surface area contributed by atoms with E-state index in [1.807, 2.05) is 6.07 Å². The van der Waals surface area contributed by atoms with Crippen LogP contribution in [0.2, 0.25) is 0 Å². The Balaban J connectivity index is 2.70. The predicted octanol–water partition coefficient (Wildman–Crippen LogP) is 1.86. The summed E-state index contributed by atoms with van der Waals surface area (Å²) in [7, 11) is 0. The molecule has 15 heavy (non-hydrogen) atoms. The van der Waals surface area contributed by atoms with Crippen molar-refractivity contribution in [3.63, 3.8) is 0 Å². The second-order valence-corrected chi connectivity index (χ2v) is 3.15. The number of nitriles is 1. The van der Waals surface area contributed by atoms with Crippen molar-refractivity contribution in [2.45, 2.75) is 6.54 Å². The maximum atomic E-state index is 10.9. The molecule has 2 aromatic rings. The molecule has 1 heterocycles. The molecule has 0 saturated carbocycles. The van der Waals surface area contributed by atoms with Crippen LogP contribution in [0.5, 0.6) is 0 Å². The van der Waals surface area contributed by atoms with Crippen LogP contribution in [0.3, 0.4) is 0 Å². The lowest BCUT2D eigenvalue weighted by molar-refractivity contribution is 0.0699. The number of benzene rings is 1. The second-order valence-electron chi connectivity index (χ2n) is 3.15. The molecule has 0 atom stereocenters. The molecular formula is C11H8N2O2. The summed E-state index contributed by atoms with van der Waals surface area (Å²) in [6, 6.07) is 8.79. The lowest BCUT2D eigenvalue weighted by Gasteiger charge is -2.00. The molecule has 1 aromatic heterocycles. The minimum atomic E-state index is -0.949. The first-order chi connectivity index (χ1) is 7.24. The lowest BCUT2D eigenvalue weighted by Crippen LogP contribution is -1.97. The minimum absolute atomic E-state index is 0.229. The Labute approximate surface area is 86.0 Å². The summed E-state index contributed by atoms with van der Waals surface area (Å²) in [4.78, 5) is 10.9. The van der Waals surface area contributed by atoms with Gasteiger partial charge in [-0.2, -0.15) is 5.26 Å². The van der Waals surface area contributed by atoms with Crippen molar-refractivity contribution >= 4 is 16.9 Å². The van der Waals surface area contributed by atoms with Crippen LogP contribution >= 0.6 is 0 Å². The molecule has 4 nitrogen and oxygen atoms in total. The van der Waals surface area contributed by atoms with Crippen LogP contribution in [0.15, 0.2) is 30.5 Å². The first kappa shape index (κ1) is 9.28. The lowest BCUT2D eigenvalue weighted by atomic mass is 10.1. The third-order valence-corrected chi connectivity index (χ3v) is 2.29. The molecule has 0 bridgehead atoms. The van der Waals surface area contributed by atoms with E-state index in [-0.39, 0.29) is 12.1 Å². The smallest absolute Gasteiger partial charge is 0.336 e. The van der Waals surface area contributed by atoms with Gasteiger partial charge in [0, 0.05) is 17.1 Å². The van der Waals surface area contributed by atoms with Gasteiger partial charge in [-0.3, -0.25) is 0 Å². The van der Waals surface area contributed by atoms with Gasteiger partial charge in [0.2, 0.25) is 0 Å². The Morgan fingerprint density at radius 2 is 2.27 bits per heavy atom. The number of aromatic nitrogens is 1. The zero-order chi connectivity index (χ0) is 10.8. The molecule has 0 aliphatic carbocycles. The molecule has 0 radical (unpaired) electrons. The van der Waals surface area contributed by atoms with Gasteiger partial charge in [0.15, 0.2) is 0 Å². The Morgan fingerprint density at radius 3 is 2.93 bits per heavy atom. The van der Waals surface area contributed by atoms with E-state index in [1.165, 1.54) is 0 Å². The Kier molecular flexibility index (Phi) is 2.14. The van der Waals surface area contributed by atoms with Gasteiger partial charge in [-0.1, -0.05) is 6.07 Å². The Morgan fingerprint density at radius 1 is 1.47 bits per heavy atom. The number of nitrogens with zero attached hydrogens (tertiary/aromatic N) is 2. The third-order valence-electron chi connectivity index (χ3n) is 2.29. The van der Waals surface area contributed by atoms with E-state index in [4.69, 9.17) is 10.4 Å². The summed E-state index contributed by atoms with van der Waals surface area (Å²) >= 11 is 0. The highest BCUT2D eigenvalue weighted by Crippen LogP contribution is 2.20. The predicted molar refractivity (Wildman–Crippen MR) is 54.5 cm³/mol. The number of rotatable bonds is 2. The molecule has 0 amide bonds. The van der Waals surface area contributed by atoms with Crippen molar-refractivity contribution in [1.82, 2.24) is 4.57 Å². The second kappa shape index (κ2) is 3.46. The van der Waals surface area contributed by atoms with Crippen molar-refractivity contribution < 1.29 is 9.90 Å². The van der Waals surface area contributed by atoms with E-state index in [0.29, 0.717) is 5.39 Å². The van der Waals surface area contributed by atoms with E-state index in [9.17, 15) is 4.79 Å². The third kappa shape index (κ3) is 1.44. The van der Waals surface area contributed by atoms with Crippen LogP contribution in [-0.4, -0.2) is 15.6 Å². The van der Waals surface area contributed by atoms with Crippen LogP contribution in [0.4, 0.5) is 0 Å². The zero-order valence-electron chi connectivity index (χ0n) is 7.84. The summed E-state index contributed by atoms with van der Waals surface area (Å²) in [6.45, 7) is 0.229. The number of aromatic carboxylic acids is 1. The molecule has 2 rings (SSSR count). The van der Waals surface area contributed by atoms with Crippen LogP contribution < -0.4 is 0 Å². The number of fused-ring (bicyclic) bond motifs is 1. The van der Waals surface area contributed by atoms with E-state index in [2.05, 4.69) is 0 Å². The highest BCUT2D eigenvalue weighted by Gasteiger charge is 2.09. The molecule has 74 valence electrons. The van der Waals surface area contributed by atoms with E-state index < -0.39 is 5.97 Å². The number of hydrogen-bond donors (Lipinski definition) is 1. The van der Waals surface area contributed by atoms with Crippen molar-refractivity contribution in [3.05, 3.63) is 36.0 Å². The molecule has 0 saturated heterocycles. The molecule has 0 fully saturated rings. The molecular weight excluding hydrogens is 192 g/mol. The summed E-state index contributed by atoms with van der Waals surface area (Å²) in [6.07, 6.45) is 1.72. The highest BCUT2D eigenvalue weighted by atomic mass is 16.4. The number of hydrogen-bond acceptors (Lipinski definition) is 2. The molecule has 0 unspecified atom stereocenters. The van der Waals surface area contributed by atoms with Gasteiger partial charge in [0.05, 0.1) is 11.6 Å². The van der Waals surface area contributed by atoms with Crippen LogP contribution in [0.1, 0.15) is 10.4 Å². The van der Waals surface area contributed by atoms with E-state index >= 15 is 0 Å². The van der Waals surface area contributed by atoms with Gasteiger partial charge in [-0.15, -0.1) is 0 Å². The average molecular weight is 200 g/mol. The minimum Gasteiger partial charge on any atom is -0.478 e. The highest BCUT2D eigenvalue weighted by molar-refractivity contribution is 6.02. The quantitative estimate of drug-likeness (QED) is 0.804. The summed E-state index contributed by atoms with van der Waals surface area (Å²) < 4.78 is 1.72. The van der Waals surface area contributed by atoms with Crippen molar-refractivity contribution in [1.29, 1.82) is 5.26 Å². The Hall–Kier alpha value is -2.28. The van der Waals surface area contributed by atoms with Gasteiger partial charge >= 0.3 is 5.97 Å². The fourth-order valence-corrected chi connectivity index (χ4v) is 1.62. The van der Waals surface area contributed by atoms with E-state index in [0.717, 1.165) is 5.52 Å². The van der Waals surface area contributed by atoms with Crippen molar-refractivity contribution in [3.8, 4) is 6.07 Å². The number of carboxylic acids is 1. The fourth-order valence-electron chi connectivity index (χ4n) is 1.62. The zero-order valence-corrected chi connectivity index (χ0v) is 7.84. The van der Waals surface area contributed by atoms with Gasteiger partial charge in [0.1, 0.15) is 6.54 Å². The van der Waals surface area contributed by atoms with Gasteiger partial charge < -0.3 is 9.67 Å². The molecule has 0 spiro atoms. The number of carboxylic acid groups (broad SMARTS) is 1. The molecule has 4 heteroatoms. The first-order valence-corrected chi connectivity index (χ1v) is 4.42. The SMILES string of the molecule is N#CCn1ccc2c(C(=O)O)cccc21. The summed E-state index contributed by atoms with van der Waals surface area (Å²) in [5.41, 5.74) is 1.04. The molecule has 0 aliphatic rings.